The standard InChI is InChI=1S/C11H19F3N2O/c1-2-5-16(6-9-3-4-9)7-10(17)15-8-11(12,13)14/h9H,2-8H2,1H3,(H,15,17). The largest absolute Gasteiger partial charge is 0.405 e. The molecular weight excluding hydrogens is 233 g/mol. The Bertz CT molecular complexity index is 252. The van der Waals surface area contributed by atoms with Gasteiger partial charge in [-0.2, -0.15) is 13.2 Å². The van der Waals surface area contributed by atoms with Crippen LogP contribution in [0.25, 0.3) is 0 Å². The zero-order valence-corrected chi connectivity index (χ0v) is 10.0. The minimum Gasteiger partial charge on any atom is -0.346 e. The van der Waals surface area contributed by atoms with Gasteiger partial charge in [0.25, 0.3) is 0 Å². The fraction of sp³-hybridized carbons (Fsp3) is 0.909. The summed E-state index contributed by atoms with van der Waals surface area (Å²) < 4.78 is 35.7. The van der Waals surface area contributed by atoms with Gasteiger partial charge in [0.05, 0.1) is 6.54 Å². The van der Waals surface area contributed by atoms with E-state index in [4.69, 9.17) is 0 Å². The van der Waals surface area contributed by atoms with Crippen LogP contribution in [0.5, 0.6) is 0 Å². The van der Waals surface area contributed by atoms with Crippen molar-refractivity contribution >= 4 is 5.91 Å². The minimum atomic E-state index is -4.33. The highest BCUT2D eigenvalue weighted by molar-refractivity contribution is 5.78. The lowest BCUT2D eigenvalue weighted by atomic mass is 10.3. The summed E-state index contributed by atoms with van der Waals surface area (Å²) in [5.74, 6) is 0.0911. The third kappa shape index (κ3) is 7.20. The lowest BCUT2D eigenvalue weighted by Crippen LogP contribution is -2.42. The molecule has 0 saturated heterocycles. The molecule has 1 rings (SSSR count). The number of hydrogen-bond acceptors (Lipinski definition) is 2. The first-order valence-corrected chi connectivity index (χ1v) is 5.96. The van der Waals surface area contributed by atoms with Gasteiger partial charge in [0.2, 0.25) is 5.91 Å². The Morgan fingerprint density at radius 3 is 2.53 bits per heavy atom. The van der Waals surface area contributed by atoms with Crippen LogP contribution < -0.4 is 5.32 Å². The van der Waals surface area contributed by atoms with E-state index in [2.05, 4.69) is 0 Å². The Morgan fingerprint density at radius 1 is 1.41 bits per heavy atom. The maximum absolute atomic E-state index is 11.9. The number of halogens is 3. The fourth-order valence-electron chi connectivity index (χ4n) is 1.67. The van der Waals surface area contributed by atoms with E-state index >= 15 is 0 Å². The summed E-state index contributed by atoms with van der Waals surface area (Å²) in [4.78, 5) is 13.3. The van der Waals surface area contributed by atoms with Gasteiger partial charge in [0.15, 0.2) is 0 Å². The zero-order valence-electron chi connectivity index (χ0n) is 10.0. The van der Waals surface area contributed by atoms with E-state index < -0.39 is 18.6 Å². The monoisotopic (exact) mass is 252 g/mol. The average molecular weight is 252 g/mol. The van der Waals surface area contributed by atoms with E-state index in [9.17, 15) is 18.0 Å². The number of alkyl halides is 3. The van der Waals surface area contributed by atoms with Crippen LogP contribution in [0.15, 0.2) is 0 Å². The molecule has 0 spiro atoms. The number of hydrogen-bond donors (Lipinski definition) is 1. The summed E-state index contributed by atoms with van der Waals surface area (Å²) in [6, 6.07) is 0. The molecule has 17 heavy (non-hydrogen) atoms. The van der Waals surface area contributed by atoms with Crippen molar-refractivity contribution in [1.82, 2.24) is 10.2 Å². The summed E-state index contributed by atoms with van der Waals surface area (Å²) in [5.41, 5.74) is 0. The van der Waals surface area contributed by atoms with Crippen LogP contribution in [-0.4, -0.2) is 43.2 Å². The van der Waals surface area contributed by atoms with Gasteiger partial charge in [0, 0.05) is 6.54 Å². The maximum atomic E-state index is 11.9. The third-order valence-electron chi connectivity index (χ3n) is 2.61. The molecule has 1 amide bonds. The number of carbonyl (C=O) groups is 1. The Kier molecular flexibility index (Phi) is 5.24. The molecule has 0 atom stereocenters. The van der Waals surface area contributed by atoms with Crippen molar-refractivity contribution in [2.24, 2.45) is 5.92 Å². The number of carbonyl (C=O) groups excluding carboxylic acids is 1. The Hall–Kier alpha value is -0.780. The quantitative estimate of drug-likeness (QED) is 0.749. The topological polar surface area (TPSA) is 32.3 Å². The van der Waals surface area contributed by atoms with E-state index in [-0.39, 0.29) is 6.54 Å². The smallest absolute Gasteiger partial charge is 0.346 e. The summed E-state index contributed by atoms with van der Waals surface area (Å²) in [5, 5.41) is 1.90. The lowest BCUT2D eigenvalue weighted by molar-refractivity contribution is -0.139. The van der Waals surface area contributed by atoms with Crippen LogP contribution in [0.3, 0.4) is 0 Å². The van der Waals surface area contributed by atoms with Crippen molar-refractivity contribution in [3.05, 3.63) is 0 Å². The highest BCUT2D eigenvalue weighted by Gasteiger charge is 2.29. The van der Waals surface area contributed by atoms with Gasteiger partial charge in [0.1, 0.15) is 6.54 Å². The Morgan fingerprint density at radius 2 is 2.06 bits per heavy atom. The van der Waals surface area contributed by atoms with Crippen LogP contribution in [0.4, 0.5) is 13.2 Å². The molecule has 0 aromatic carbocycles. The SMILES string of the molecule is CCCN(CC(=O)NCC(F)(F)F)CC1CC1. The van der Waals surface area contributed by atoms with Crippen LogP contribution >= 0.6 is 0 Å². The molecule has 1 N–H and O–H groups in total. The van der Waals surface area contributed by atoms with Crippen molar-refractivity contribution < 1.29 is 18.0 Å². The molecule has 0 aliphatic heterocycles. The summed E-state index contributed by atoms with van der Waals surface area (Å²) in [6.07, 6.45) is -1.09. The third-order valence-corrected chi connectivity index (χ3v) is 2.61. The van der Waals surface area contributed by atoms with E-state index in [1.54, 1.807) is 0 Å². The van der Waals surface area contributed by atoms with E-state index in [1.165, 1.54) is 12.8 Å². The summed E-state index contributed by atoms with van der Waals surface area (Å²) >= 11 is 0. The average Bonchev–Trinajstić information content (AvgIpc) is 2.98. The zero-order chi connectivity index (χ0) is 12.9. The van der Waals surface area contributed by atoms with E-state index in [1.807, 2.05) is 17.1 Å². The second kappa shape index (κ2) is 6.23. The maximum Gasteiger partial charge on any atom is 0.405 e. The predicted octanol–water partition coefficient (Wildman–Crippen LogP) is 1.79. The molecule has 1 fully saturated rings. The molecule has 1 aliphatic carbocycles. The van der Waals surface area contributed by atoms with Crippen molar-refractivity contribution in [3.8, 4) is 0 Å². The molecule has 0 bridgehead atoms. The van der Waals surface area contributed by atoms with E-state index in [0.717, 1.165) is 19.5 Å². The second-order valence-corrected chi connectivity index (χ2v) is 4.57. The number of nitrogens with zero attached hydrogens (tertiary/aromatic N) is 1. The van der Waals surface area contributed by atoms with Gasteiger partial charge >= 0.3 is 6.18 Å². The predicted molar refractivity (Wildman–Crippen MR) is 58.5 cm³/mol. The van der Waals surface area contributed by atoms with Crippen molar-refractivity contribution in [3.63, 3.8) is 0 Å². The van der Waals surface area contributed by atoms with Gasteiger partial charge in [-0.3, -0.25) is 9.69 Å². The molecule has 1 aliphatic rings. The molecule has 0 aromatic rings. The Labute approximate surface area is 99.4 Å². The first-order chi connectivity index (χ1) is 7.90. The van der Waals surface area contributed by atoms with Gasteiger partial charge in [-0.15, -0.1) is 0 Å². The molecule has 6 heteroatoms. The first-order valence-electron chi connectivity index (χ1n) is 5.96. The highest BCUT2D eigenvalue weighted by Crippen LogP contribution is 2.29. The molecule has 0 unspecified atom stereocenters. The van der Waals surface area contributed by atoms with Gasteiger partial charge in [-0.05, 0) is 31.7 Å². The number of amides is 1. The first kappa shape index (κ1) is 14.3. The van der Waals surface area contributed by atoms with Gasteiger partial charge in [-0.1, -0.05) is 6.92 Å². The van der Waals surface area contributed by atoms with E-state index in [0.29, 0.717) is 5.92 Å². The van der Waals surface area contributed by atoms with Crippen LogP contribution in [0, 0.1) is 5.92 Å². The number of nitrogens with one attached hydrogen (secondary N) is 1. The number of rotatable bonds is 7. The highest BCUT2D eigenvalue weighted by atomic mass is 19.4. The molecule has 3 nitrogen and oxygen atoms in total. The normalized spacial score (nSPS) is 16.3. The van der Waals surface area contributed by atoms with Crippen molar-refractivity contribution in [2.45, 2.75) is 32.4 Å². The molecule has 1 saturated carbocycles. The molecule has 0 aromatic heterocycles. The van der Waals surface area contributed by atoms with Crippen LogP contribution in [0.2, 0.25) is 0 Å². The second-order valence-electron chi connectivity index (χ2n) is 4.57. The van der Waals surface area contributed by atoms with Crippen molar-refractivity contribution in [1.29, 1.82) is 0 Å². The summed E-state index contributed by atoms with van der Waals surface area (Å²) in [6.45, 7) is 2.41. The lowest BCUT2D eigenvalue weighted by Gasteiger charge is -2.21. The van der Waals surface area contributed by atoms with Gasteiger partial charge < -0.3 is 5.32 Å². The minimum absolute atomic E-state index is 0.0699. The van der Waals surface area contributed by atoms with Crippen molar-refractivity contribution in [2.75, 3.05) is 26.2 Å². The van der Waals surface area contributed by atoms with Crippen LogP contribution in [0.1, 0.15) is 26.2 Å². The van der Waals surface area contributed by atoms with Gasteiger partial charge in [-0.25, -0.2) is 0 Å². The van der Waals surface area contributed by atoms with Crippen LogP contribution in [-0.2, 0) is 4.79 Å². The molecule has 0 heterocycles. The molecule has 100 valence electrons. The fourth-order valence-corrected chi connectivity index (χ4v) is 1.67. The molecular formula is C11H19F3N2O. The molecule has 0 radical (unpaired) electrons. The summed E-state index contributed by atoms with van der Waals surface area (Å²) in [7, 11) is 0. The Balaban J connectivity index is 2.24.